The van der Waals surface area contributed by atoms with Gasteiger partial charge in [-0.25, -0.2) is 4.98 Å². The first-order chi connectivity index (χ1) is 12.9. The van der Waals surface area contributed by atoms with Crippen molar-refractivity contribution >= 4 is 17.5 Å². The van der Waals surface area contributed by atoms with E-state index in [1.807, 2.05) is 0 Å². The average molecular weight is 377 g/mol. The lowest BCUT2D eigenvalue weighted by molar-refractivity contribution is -0.137. The number of pyridine rings is 1. The predicted molar refractivity (Wildman–Crippen MR) is 93.6 cm³/mol. The van der Waals surface area contributed by atoms with E-state index in [0.717, 1.165) is 25.2 Å². The molecule has 2 aromatic rings. The molecular weight excluding hydrogens is 359 g/mol. The van der Waals surface area contributed by atoms with Gasteiger partial charge in [0.1, 0.15) is 11.5 Å². The largest absolute Gasteiger partial charge is 0.417 e. The number of nitrogens with zero attached hydrogens (tertiary/aromatic N) is 1. The molecule has 142 valence electrons. The quantitative estimate of drug-likeness (QED) is 0.800. The van der Waals surface area contributed by atoms with Crippen LogP contribution in [0.2, 0.25) is 0 Å². The van der Waals surface area contributed by atoms with Crippen molar-refractivity contribution in [1.82, 2.24) is 10.3 Å². The van der Waals surface area contributed by atoms with Gasteiger partial charge in [0.05, 0.1) is 11.1 Å². The molecule has 0 saturated carbocycles. The van der Waals surface area contributed by atoms with Crippen molar-refractivity contribution in [2.24, 2.45) is 5.92 Å². The Labute approximate surface area is 154 Å². The normalized spacial score (nSPS) is 15.4. The van der Waals surface area contributed by atoms with Gasteiger partial charge in [-0.05, 0) is 50.2 Å². The van der Waals surface area contributed by atoms with Crippen LogP contribution in [0.5, 0.6) is 0 Å². The first-order valence-corrected chi connectivity index (χ1v) is 8.56. The second-order valence-electron chi connectivity index (χ2n) is 6.29. The maximum absolute atomic E-state index is 13.1. The predicted octanol–water partition coefficient (Wildman–Crippen LogP) is 3.54. The molecular formula is C19H18F3N3O2. The number of amides is 1. The van der Waals surface area contributed by atoms with Crippen LogP contribution >= 0.6 is 0 Å². The summed E-state index contributed by atoms with van der Waals surface area (Å²) in [6.45, 7) is 1.50. The van der Waals surface area contributed by atoms with Crippen molar-refractivity contribution in [2.45, 2.75) is 19.0 Å². The molecule has 1 aromatic carbocycles. The van der Waals surface area contributed by atoms with Crippen LogP contribution in [-0.2, 0) is 6.18 Å². The molecule has 2 N–H and O–H groups in total. The van der Waals surface area contributed by atoms with Gasteiger partial charge in [0, 0.05) is 5.92 Å². The number of halogens is 3. The minimum Gasteiger partial charge on any atom is -0.317 e. The van der Waals surface area contributed by atoms with Gasteiger partial charge in [-0.3, -0.25) is 9.59 Å². The molecule has 0 spiro atoms. The van der Waals surface area contributed by atoms with Crippen LogP contribution in [0.1, 0.15) is 39.3 Å². The summed E-state index contributed by atoms with van der Waals surface area (Å²) in [5.74, 6) is -1.16. The SMILES string of the molecule is O=C(Nc1cccc(C(=O)C2CCNCC2)n1)c1ccccc1C(F)(F)F. The molecule has 0 radical (unpaired) electrons. The number of anilines is 1. The smallest absolute Gasteiger partial charge is 0.317 e. The van der Waals surface area contributed by atoms with Crippen molar-refractivity contribution in [2.75, 3.05) is 18.4 Å². The lowest BCUT2D eigenvalue weighted by atomic mass is 9.92. The molecule has 8 heteroatoms. The zero-order chi connectivity index (χ0) is 19.4. The molecule has 1 fully saturated rings. The van der Waals surface area contributed by atoms with E-state index in [2.05, 4.69) is 15.6 Å². The highest BCUT2D eigenvalue weighted by molar-refractivity contribution is 6.05. The molecule has 0 aliphatic carbocycles. The molecule has 2 heterocycles. The van der Waals surface area contributed by atoms with Crippen LogP contribution in [0.4, 0.5) is 19.0 Å². The van der Waals surface area contributed by atoms with E-state index in [9.17, 15) is 22.8 Å². The summed E-state index contributed by atoms with van der Waals surface area (Å²) >= 11 is 0. The van der Waals surface area contributed by atoms with E-state index in [4.69, 9.17) is 0 Å². The van der Waals surface area contributed by atoms with Crippen LogP contribution in [0.15, 0.2) is 42.5 Å². The number of rotatable bonds is 4. The topological polar surface area (TPSA) is 71.1 Å². The summed E-state index contributed by atoms with van der Waals surface area (Å²) in [5.41, 5.74) is -1.32. The molecule has 1 saturated heterocycles. The van der Waals surface area contributed by atoms with Crippen LogP contribution in [0, 0.1) is 5.92 Å². The number of piperidine rings is 1. The molecule has 1 aliphatic heterocycles. The number of alkyl halides is 3. The molecule has 0 atom stereocenters. The fourth-order valence-electron chi connectivity index (χ4n) is 3.05. The number of hydrogen-bond donors (Lipinski definition) is 2. The second-order valence-corrected chi connectivity index (χ2v) is 6.29. The first-order valence-electron chi connectivity index (χ1n) is 8.56. The zero-order valence-electron chi connectivity index (χ0n) is 14.3. The Morgan fingerprint density at radius 3 is 2.44 bits per heavy atom. The third-order valence-corrected chi connectivity index (χ3v) is 4.43. The molecule has 3 rings (SSSR count). The van der Waals surface area contributed by atoms with Gasteiger partial charge in [0.2, 0.25) is 0 Å². The van der Waals surface area contributed by atoms with Gasteiger partial charge in [0.25, 0.3) is 5.91 Å². The maximum atomic E-state index is 13.1. The summed E-state index contributed by atoms with van der Waals surface area (Å²) in [6.07, 6.45) is -3.24. The van der Waals surface area contributed by atoms with Gasteiger partial charge in [-0.2, -0.15) is 13.2 Å². The lowest BCUT2D eigenvalue weighted by Crippen LogP contribution is -2.32. The van der Waals surface area contributed by atoms with E-state index >= 15 is 0 Å². The number of carbonyl (C=O) groups is 2. The minimum atomic E-state index is -4.64. The zero-order valence-corrected chi connectivity index (χ0v) is 14.3. The number of benzene rings is 1. The molecule has 0 bridgehead atoms. The van der Waals surface area contributed by atoms with E-state index in [0.29, 0.717) is 12.8 Å². The molecule has 27 heavy (non-hydrogen) atoms. The Hall–Kier alpha value is -2.74. The van der Waals surface area contributed by atoms with Crippen molar-refractivity contribution < 1.29 is 22.8 Å². The molecule has 1 aromatic heterocycles. The summed E-state index contributed by atoms with van der Waals surface area (Å²) in [7, 11) is 0. The van der Waals surface area contributed by atoms with Crippen molar-refractivity contribution in [1.29, 1.82) is 0 Å². The average Bonchev–Trinajstić information content (AvgIpc) is 2.67. The Kier molecular flexibility index (Phi) is 5.55. The highest BCUT2D eigenvalue weighted by Gasteiger charge is 2.35. The highest BCUT2D eigenvalue weighted by Crippen LogP contribution is 2.32. The number of hydrogen-bond acceptors (Lipinski definition) is 4. The molecule has 1 amide bonds. The summed E-state index contributed by atoms with van der Waals surface area (Å²) in [6, 6.07) is 9.05. The number of nitrogens with one attached hydrogen (secondary N) is 2. The number of Topliss-reactive ketones (excluding diaryl/α,β-unsaturated/α-hetero) is 1. The summed E-state index contributed by atoms with van der Waals surface area (Å²) in [5, 5.41) is 5.53. The van der Waals surface area contributed by atoms with Crippen LogP contribution in [-0.4, -0.2) is 29.8 Å². The standard InChI is InChI=1S/C19H18F3N3O2/c20-19(21,22)14-5-2-1-4-13(14)18(27)25-16-7-3-6-15(24-16)17(26)12-8-10-23-11-9-12/h1-7,12,23H,8-11H2,(H,24,25,27). The Balaban J connectivity index is 1.79. The van der Waals surface area contributed by atoms with Crippen LogP contribution < -0.4 is 10.6 Å². The fraction of sp³-hybridized carbons (Fsp3) is 0.316. The van der Waals surface area contributed by atoms with E-state index in [1.54, 1.807) is 12.1 Å². The monoisotopic (exact) mass is 377 g/mol. The maximum Gasteiger partial charge on any atom is 0.417 e. The van der Waals surface area contributed by atoms with Gasteiger partial charge in [-0.15, -0.1) is 0 Å². The third kappa shape index (κ3) is 4.51. The van der Waals surface area contributed by atoms with Gasteiger partial charge < -0.3 is 10.6 Å². The third-order valence-electron chi connectivity index (χ3n) is 4.43. The molecule has 1 aliphatic rings. The molecule has 5 nitrogen and oxygen atoms in total. The van der Waals surface area contributed by atoms with Crippen LogP contribution in [0.3, 0.4) is 0 Å². The van der Waals surface area contributed by atoms with E-state index in [1.165, 1.54) is 18.2 Å². The van der Waals surface area contributed by atoms with Crippen LogP contribution in [0.25, 0.3) is 0 Å². The van der Waals surface area contributed by atoms with Gasteiger partial charge >= 0.3 is 6.18 Å². The summed E-state index contributed by atoms with van der Waals surface area (Å²) in [4.78, 5) is 29.0. The van der Waals surface area contributed by atoms with Crippen molar-refractivity contribution in [3.8, 4) is 0 Å². The Morgan fingerprint density at radius 2 is 1.74 bits per heavy atom. The van der Waals surface area contributed by atoms with E-state index < -0.39 is 23.2 Å². The first kappa shape index (κ1) is 19.0. The number of aromatic nitrogens is 1. The summed E-state index contributed by atoms with van der Waals surface area (Å²) < 4.78 is 39.2. The Bertz CT molecular complexity index is 846. The van der Waals surface area contributed by atoms with Crippen molar-refractivity contribution in [3.05, 3.63) is 59.3 Å². The number of carbonyl (C=O) groups excluding carboxylic acids is 2. The number of ketones is 1. The van der Waals surface area contributed by atoms with Gasteiger partial charge in [-0.1, -0.05) is 18.2 Å². The Morgan fingerprint density at radius 1 is 1.04 bits per heavy atom. The fourth-order valence-corrected chi connectivity index (χ4v) is 3.05. The van der Waals surface area contributed by atoms with Crippen molar-refractivity contribution in [3.63, 3.8) is 0 Å². The molecule has 0 unspecified atom stereocenters. The van der Waals surface area contributed by atoms with E-state index in [-0.39, 0.29) is 23.2 Å². The minimum absolute atomic E-state index is 0.0387. The lowest BCUT2D eigenvalue weighted by Gasteiger charge is -2.21. The highest BCUT2D eigenvalue weighted by atomic mass is 19.4. The second kappa shape index (κ2) is 7.87. The van der Waals surface area contributed by atoms with Gasteiger partial charge in [0.15, 0.2) is 5.78 Å².